The van der Waals surface area contributed by atoms with E-state index in [1.807, 2.05) is 0 Å². The molecule has 0 amide bonds. The third-order valence-corrected chi connectivity index (χ3v) is 1.85. The minimum Gasteiger partial charge on any atom is -0.480 e. The Kier molecular flexibility index (Phi) is 4.43. The maximum Gasteiger partial charge on any atom is 0.328 e. The Morgan fingerprint density at radius 3 is 2.64 bits per heavy atom. The van der Waals surface area contributed by atoms with Crippen molar-refractivity contribution in [3.63, 3.8) is 0 Å². The van der Waals surface area contributed by atoms with Crippen molar-refractivity contribution in [3.8, 4) is 0 Å². The van der Waals surface area contributed by atoms with Crippen molar-refractivity contribution in [1.29, 1.82) is 0 Å². The zero-order valence-corrected chi connectivity index (χ0v) is 8.91. The van der Waals surface area contributed by atoms with Gasteiger partial charge in [0.2, 0.25) is 0 Å². The number of hydrogen-bond acceptors (Lipinski definition) is 3. The molecule has 1 aromatic rings. The van der Waals surface area contributed by atoms with Gasteiger partial charge >= 0.3 is 5.97 Å². The molecular weight excluding hydrogens is 206 g/mol. The summed E-state index contributed by atoms with van der Waals surface area (Å²) in [6, 6.07) is 1.000. The highest BCUT2D eigenvalue weighted by Gasteiger charge is 2.20. The van der Waals surface area contributed by atoms with E-state index in [1.165, 1.54) is 4.68 Å². The minimum atomic E-state index is -0.905. The molecule has 14 heavy (non-hydrogen) atoms. The van der Waals surface area contributed by atoms with Crippen molar-refractivity contribution in [1.82, 2.24) is 9.78 Å². The van der Waals surface area contributed by atoms with E-state index >= 15 is 0 Å². The lowest BCUT2D eigenvalue weighted by molar-refractivity contribution is -0.141. The number of carbonyl (C=O) groups is 1. The first kappa shape index (κ1) is 12.8. The molecule has 0 aliphatic heterocycles. The Morgan fingerprint density at radius 2 is 2.36 bits per heavy atom. The van der Waals surface area contributed by atoms with E-state index in [1.54, 1.807) is 19.9 Å². The predicted octanol–water partition coefficient (Wildman–Crippen LogP) is 1.23. The number of rotatable bonds is 3. The van der Waals surface area contributed by atoms with Gasteiger partial charge in [-0.2, -0.15) is 5.10 Å². The molecule has 1 rings (SSSR count). The zero-order valence-electron chi connectivity index (χ0n) is 8.10. The van der Waals surface area contributed by atoms with Crippen LogP contribution in [0.3, 0.4) is 0 Å². The van der Waals surface area contributed by atoms with Crippen LogP contribution in [0.5, 0.6) is 0 Å². The highest BCUT2D eigenvalue weighted by Crippen LogP contribution is 2.16. The van der Waals surface area contributed by atoms with Crippen LogP contribution in [-0.4, -0.2) is 20.9 Å². The Labute approximate surface area is 88.3 Å². The molecule has 3 N–H and O–H groups in total. The molecule has 0 radical (unpaired) electrons. The van der Waals surface area contributed by atoms with Gasteiger partial charge in [0.05, 0.1) is 5.69 Å². The van der Waals surface area contributed by atoms with Gasteiger partial charge in [-0.25, -0.2) is 9.48 Å². The lowest BCUT2D eigenvalue weighted by Crippen LogP contribution is -2.20. The Morgan fingerprint density at radius 1 is 1.79 bits per heavy atom. The fourth-order valence-corrected chi connectivity index (χ4v) is 1.24. The summed E-state index contributed by atoms with van der Waals surface area (Å²) in [5, 5.41) is 12.9. The number of nitrogens with two attached hydrogens (primary N) is 1. The molecule has 0 saturated carbocycles. The molecule has 0 saturated heterocycles. The van der Waals surface area contributed by atoms with Crippen molar-refractivity contribution in [3.05, 3.63) is 11.8 Å². The standard InChI is InChI=1S/C8H13N3O2.ClH/c1-3-6(8(12)13)11-7(9)4-5(2)10-11;/h4,6H,3,9H2,1-2H3,(H,12,13);1H. The molecule has 0 fully saturated rings. The Balaban J connectivity index is 0.00000169. The van der Waals surface area contributed by atoms with Crippen molar-refractivity contribution in [2.24, 2.45) is 0 Å². The van der Waals surface area contributed by atoms with Crippen LogP contribution >= 0.6 is 12.4 Å². The minimum absolute atomic E-state index is 0. The van der Waals surface area contributed by atoms with Crippen molar-refractivity contribution in [2.45, 2.75) is 26.3 Å². The zero-order chi connectivity index (χ0) is 10.0. The first-order valence-electron chi connectivity index (χ1n) is 4.10. The summed E-state index contributed by atoms with van der Waals surface area (Å²) in [6.45, 7) is 3.57. The first-order chi connectivity index (χ1) is 6.06. The summed E-state index contributed by atoms with van der Waals surface area (Å²) < 4.78 is 1.34. The Bertz CT molecular complexity index is 324. The van der Waals surface area contributed by atoms with Crippen molar-refractivity contribution < 1.29 is 9.90 Å². The Hall–Kier alpha value is -1.23. The number of nitrogen functional groups attached to an aromatic ring is 1. The maximum atomic E-state index is 10.8. The average molecular weight is 220 g/mol. The van der Waals surface area contributed by atoms with Gasteiger partial charge in [-0.05, 0) is 13.3 Å². The number of carboxylic acid groups (broad SMARTS) is 1. The molecule has 0 aliphatic rings. The van der Waals surface area contributed by atoms with Gasteiger partial charge in [0, 0.05) is 6.07 Å². The molecule has 1 unspecified atom stereocenters. The fraction of sp³-hybridized carbons (Fsp3) is 0.500. The van der Waals surface area contributed by atoms with Crippen LogP contribution in [0.15, 0.2) is 6.07 Å². The van der Waals surface area contributed by atoms with Gasteiger partial charge in [0.1, 0.15) is 5.82 Å². The molecule has 1 atom stereocenters. The SMILES string of the molecule is CCC(C(=O)O)n1nc(C)cc1N.Cl. The first-order valence-corrected chi connectivity index (χ1v) is 4.10. The summed E-state index contributed by atoms with van der Waals surface area (Å²) in [6.07, 6.45) is 0.473. The van der Waals surface area contributed by atoms with Crippen molar-refractivity contribution in [2.75, 3.05) is 5.73 Å². The molecule has 0 aliphatic carbocycles. The molecular formula is C8H14ClN3O2. The molecule has 0 aromatic carbocycles. The lowest BCUT2D eigenvalue weighted by atomic mass is 10.2. The number of halogens is 1. The van der Waals surface area contributed by atoms with E-state index in [4.69, 9.17) is 10.8 Å². The number of hydrogen-bond donors (Lipinski definition) is 2. The second-order valence-corrected chi connectivity index (χ2v) is 2.92. The van der Waals surface area contributed by atoms with E-state index < -0.39 is 12.0 Å². The molecule has 0 spiro atoms. The van der Waals surface area contributed by atoms with Crippen LogP contribution in [0.2, 0.25) is 0 Å². The second-order valence-electron chi connectivity index (χ2n) is 2.92. The lowest BCUT2D eigenvalue weighted by Gasteiger charge is -2.11. The van der Waals surface area contributed by atoms with Crippen LogP contribution in [-0.2, 0) is 4.79 Å². The largest absolute Gasteiger partial charge is 0.480 e. The summed E-state index contributed by atoms with van der Waals surface area (Å²) in [5.74, 6) is -0.510. The van der Waals surface area contributed by atoms with Crippen LogP contribution in [0.25, 0.3) is 0 Å². The number of aromatic nitrogens is 2. The summed E-state index contributed by atoms with van der Waals surface area (Å²) in [7, 11) is 0. The molecule has 5 nitrogen and oxygen atoms in total. The molecule has 0 bridgehead atoms. The van der Waals surface area contributed by atoms with Gasteiger partial charge < -0.3 is 10.8 Å². The predicted molar refractivity (Wildman–Crippen MR) is 55.6 cm³/mol. The number of aryl methyl sites for hydroxylation is 1. The number of anilines is 1. The van der Waals surface area contributed by atoms with E-state index in [2.05, 4.69) is 5.10 Å². The van der Waals surface area contributed by atoms with Gasteiger partial charge in [-0.3, -0.25) is 0 Å². The normalized spacial score (nSPS) is 11.9. The summed E-state index contributed by atoms with van der Waals surface area (Å²) in [4.78, 5) is 10.8. The number of carboxylic acids is 1. The van der Waals surface area contributed by atoms with E-state index in [9.17, 15) is 4.79 Å². The van der Waals surface area contributed by atoms with E-state index in [0.717, 1.165) is 5.69 Å². The van der Waals surface area contributed by atoms with Crippen LogP contribution in [0, 0.1) is 6.92 Å². The number of nitrogens with zero attached hydrogens (tertiary/aromatic N) is 2. The van der Waals surface area contributed by atoms with Gasteiger partial charge in [-0.1, -0.05) is 6.92 Å². The van der Waals surface area contributed by atoms with Gasteiger partial charge in [0.15, 0.2) is 6.04 Å². The smallest absolute Gasteiger partial charge is 0.328 e. The quantitative estimate of drug-likeness (QED) is 0.801. The monoisotopic (exact) mass is 219 g/mol. The highest BCUT2D eigenvalue weighted by atomic mass is 35.5. The fourth-order valence-electron chi connectivity index (χ4n) is 1.24. The van der Waals surface area contributed by atoms with Gasteiger partial charge in [0.25, 0.3) is 0 Å². The highest BCUT2D eigenvalue weighted by molar-refractivity contribution is 5.85. The third-order valence-electron chi connectivity index (χ3n) is 1.85. The van der Waals surface area contributed by atoms with E-state index in [0.29, 0.717) is 12.2 Å². The molecule has 1 aromatic heterocycles. The summed E-state index contributed by atoms with van der Waals surface area (Å²) in [5.41, 5.74) is 6.33. The second kappa shape index (κ2) is 4.85. The van der Waals surface area contributed by atoms with Gasteiger partial charge in [-0.15, -0.1) is 12.4 Å². The van der Waals surface area contributed by atoms with Crippen LogP contribution in [0.4, 0.5) is 5.82 Å². The van der Waals surface area contributed by atoms with Crippen molar-refractivity contribution >= 4 is 24.2 Å². The molecule has 6 heteroatoms. The summed E-state index contributed by atoms with van der Waals surface area (Å²) >= 11 is 0. The molecule has 80 valence electrons. The maximum absolute atomic E-state index is 10.8. The topological polar surface area (TPSA) is 81.1 Å². The van der Waals surface area contributed by atoms with E-state index in [-0.39, 0.29) is 12.4 Å². The van der Waals surface area contributed by atoms with Crippen LogP contribution in [0.1, 0.15) is 25.1 Å². The van der Waals surface area contributed by atoms with Crippen LogP contribution < -0.4 is 5.73 Å². The number of aliphatic carboxylic acids is 1. The third kappa shape index (κ3) is 2.38. The molecule has 1 heterocycles. The average Bonchev–Trinajstić information content (AvgIpc) is 2.31.